The molecule has 0 bridgehead atoms. The molecular formula is C11H15NO2S. The molecule has 0 aromatic carbocycles. The third-order valence-corrected chi connectivity index (χ3v) is 4.09. The van der Waals surface area contributed by atoms with Crippen molar-refractivity contribution < 1.29 is 9.47 Å². The van der Waals surface area contributed by atoms with E-state index in [1.165, 1.54) is 5.00 Å². The van der Waals surface area contributed by atoms with E-state index < -0.39 is 0 Å². The summed E-state index contributed by atoms with van der Waals surface area (Å²) in [6.07, 6.45) is 1.98. The van der Waals surface area contributed by atoms with E-state index in [0.29, 0.717) is 0 Å². The Morgan fingerprint density at radius 3 is 2.53 bits per heavy atom. The summed E-state index contributed by atoms with van der Waals surface area (Å²) in [4.78, 5) is 2.42. The van der Waals surface area contributed by atoms with Gasteiger partial charge in [-0.25, -0.2) is 0 Å². The normalized spacial score (nSPS) is 24.9. The number of piperidine rings is 1. The highest BCUT2D eigenvalue weighted by molar-refractivity contribution is 7.14. The molecule has 0 saturated carbocycles. The molecule has 2 saturated heterocycles. The summed E-state index contributed by atoms with van der Waals surface area (Å²) in [5, 5.41) is 3.49. The summed E-state index contributed by atoms with van der Waals surface area (Å²) < 4.78 is 11.4. The molecule has 1 aromatic rings. The van der Waals surface area contributed by atoms with Gasteiger partial charge in [0.25, 0.3) is 0 Å². The van der Waals surface area contributed by atoms with Gasteiger partial charge in [0.2, 0.25) is 0 Å². The maximum Gasteiger partial charge on any atom is 0.171 e. The monoisotopic (exact) mass is 225 g/mol. The minimum atomic E-state index is -0.242. The molecule has 2 aliphatic heterocycles. The first-order valence-corrected chi connectivity index (χ1v) is 6.32. The Balaban J connectivity index is 1.65. The summed E-state index contributed by atoms with van der Waals surface area (Å²) in [6, 6.07) is 4.28. The molecule has 3 nitrogen and oxygen atoms in total. The number of rotatable bonds is 1. The van der Waals surface area contributed by atoms with Crippen molar-refractivity contribution in [2.45, 2.75) is 18.6 Å². The van der Waals surface area contributed by atoms with Gasteiger partial charge < -0.3 is 14.4 Å². The lowest BCUT2D eigenvalue weighted by Gasteiger charge is -2.38. The largest absolute Gasteiger partial charge is 0.363 e. The first kappa shape index (κ1) is 9.63. The summed E-state index contributed by atoms with van der Waals surface area (Å²) in [6.45, 7) is 3.61. The van der Waals surface area contributed by atoms with Crippen molar-refractivity contribution in [3.05, 3.63) is 17.5 Å². The van der Waals surface area contributed by atoms with Crippen LogP contribution in [0.5, 0.6) is 0 Å². The van der Waals surface area contributed by atoms with Crippen LogP contribution in [-0.4, -0.2) is 32.1 Å². The van der Waals surface area contributed by atoms with E-state index in [4.69, 9.17) is 9.47 Å². The number of thiophene rings is 1. The smallest absolute Gasteiger partial charge is 0.171 e. The third-order valence-electron chi connectivity index (χ3n) is 3.16. The van der Waals surface area contributed by atoms with Crippen LogP contribution in [0.1, 0.15) is 12.8 Å². The average Bonchev–Trinajstić information content (AvgIpc) is 2.91. The molecule has 82 valence electrons. The first-order chi connectivity index (χ1) is 7.38. The zero-order valence-electron chi connectivity index (χ0n) is 8.65. The molecule has 0 N–H and O–H groups in total. The minimum absolute atomic E-state index is 0.242. The van der Waals surface area contributed by atoms with Crippen LogP contribution < -0.4 is 4.90 Å². The molecule has 1 aromatic heterocycles. The molecule has 0 amide bonds. The Morgan fingerprint density at radius 2 is 1.93 bits per heavy atom. The minimum Gasteiger partial charge on any atom is -0.363 e. The van der Waals surface area contributed by atoms with Gasteiger partial charge in [0.05, 0.1) is 18.2 Å². The zero-order valence-corrected chi connectivity index (χ0v) is 9.46. The fourth-order valence-corrected chi connectivity index (χ4v) is 3.09. The van der Waals surface area contributed by atoms with E-state index >= 15 is 0 Å². The second kappa shape index (κ2) is 3.77. The lowest BCUT2D eigenvalue weighted by Crippen LogP contribution is -2.44. The summed E-state index contributed by atoms with van der Waals surface area (Å²) in [5.74, 6) is -0.242. The molecule has 2 fully saturated rings. The zero-order chi connectivity index (χ0) is 10.1. The lowest BCUT2D eigenvalue weighted by atomic mass is 10.0. The van der Waals surface area contributed by atoms with Crippen molar-refractivity contribution in [2.75, 3.05) is 31.2 Å². The molecule has 0 aliphatic carbocycles. The second-order valence-electron chi connectivity index (χ2n) is 4.05. The number of nitrogens with zero attached hydrogens (tertiary/aromatic N) is 1. The van der Waals surface area contributed by atoms with Gasteiger partial charge in [-0.05, 0) is 17.5 Å². The maximum absolute atomic E-state index is 5.70. The average molecular weight is 225 g/mol. The molecule has 4 heteroatoms. The highest BCUT2D eigenvalue weighted by Gasteiger charge is 2.39. The Bertz CT molecular complexity index is 309. The predicted octanol–water partition coefficient (Wildman–Crippen LogP) is 2.09. The summed E-state index contributed by atoms with van der Waals surface area (Å²) in [7, 11) is 0. The summed E-state index contributed by atoms with van der Waals surface area (Å²) >= 11 is 1.80. The highest BCUT2D eigenvalue weighted by Crippen LogP contribution is 2.34. The van der Waals surface area contributed by atoms with Crippen LogP contribution in [0.3, 0.4) is 0 Å². The second-order valence-corrected chi connectivity index (χ2v) is 4.97. The fourth-order valence-electron chi connectivity index (χ4n) is 2.30. The molecule has 3 rings (SSSR count). The SMILES string of the molecule is c1csc(N2CCC3(CC2)OCCO3)c1. The number of anilines is 1. The molecule has 1 spiro atoms. The van der Waals surface area contributed by atoms with Crippen molar-refractivity contribution in [1.29, 1.82) is 0 Å². The van der Waals surface area contributed by atoms with Crippen LogP contribution in [0.2, 0.25) is 0 Å². The number of hydrogen-bond donors (Lipinski definition) is 0. The van der Waals surface area contributed by atoms with E-state index in [1.807, 2.05) is 0 Å². The predicted molar refractivity (Wildman–Crippen MR) is 60.4 cm³/mol. The van der Waals surface area contributed by atoms with Crippen LogP contribution in [0.25, 0.3) is 0 Å². The van der Waals surface area contributed by atoms with Crippen molar-refractivity contribution in [1.82, 2.24) is 0 Å². The molecule has 3 heterocycles. The van der Waals surface area contributed by atoms with Gasteiger partial charge in [0.15, 0.2) is 5.79 Å². The maximum atomic E-state index is 5.70. The van der Waals surface area contributed by atoms with Gasteiger partial charge >= 0.3 is 0 Å². The van der Waals surface area contributed by atoms with Gasteiger partial charge in [-0.15, -0.1) is 11.3 Å². The van der Waals surface area contributed by atoms with E-state index in [1.54, 1.807) is 11.3 Å². The van der Waals surface area contributed by atoms with Crippen LogP contribution in [0.15, 0.2) is 17.5 Å². The van der Waals surface area contributed by atoms with E-state index in [-0.39, 0.29) is 5.79 Å². The Morgan fingerprint density at radius 1 is 1.20 bits per heavy atom. The van der Waals surface area contributed by atoms with Crippen molar-refractivity contribution in [3.63, 3.8) is 0 Å². The third kappa shape index (κ3) is 1.77. The number of hydrogen-bond acceptors (Lipinski definition) is 4. The molecule has 0 radical (unpaired) electrons. The Labute approximate surface area is 93.6 Å². The van der Waals surface area contributed by atoms with Crippen LogP contribution >= 0.6 is 11.3 Å². The molecule has 0 unspecified atom stereocenters. The van der Waals surface area contributed by atoms with Crippen molar-refractivity contribution in [3.8, 4) is 0 Å². The van der Waals surface area contributed by atoms with E-state index in [0.717, 1.165) is 39.1 Å². The Kier molecular flexibility index (Phi) is 2.42. The van der Waals surface area contributed by atoms with Gasteiger partial charge in [-0.1, -0.05) is 0 Å². The molecular weight excluding hydrogens is 210 g/mol. The van der Waals surface area contributed by atoms with E-state index in [2.05, 4.69) is 22.4 Å². The van der Waals surface area contributed by atoms with Crippen LogP contribution in [0, 0.1) is 0 Å². The molecule has 0 atom stereocenters. The first-order valence-electron chi connectivity index (χ1n) is 5.44. The summed E-state index contributed by atoms with van der Waals surface area (Å²) in [5.41, 5.74) is 0. The van der Waals surface area contributed by atoms with Crippen LogP contribution in [-0.2, 0) is 9.47 Å². The molecule has 2 aliphatic rings. The van der Waals surface area contributed by atoms with Gasteiger partial charge in [0.1, 0.15) is 0 Å². The quantitative estimate of drug-likeness (QED) is 0.730. The lowest BCUT2D eigenvalue weighted by molar-refractivity contribution is -0.169. The van der Waals surface area contributed by atoms with Crippen molar-refractivity contribution >= 4 is 16.3 Å². The number of ether oxygens (including phenoxy) is 2. The van der Waals surface area contributed by atoms with Gasteiger partial charge in [-0.2, -0.15) is 0 Å². The molecule has 15 heavy (non-hydrogen) atoms. The van der Waals surface area contributed by atoms with E-state index in [9.17, 15) is 0 Å². The van der Waals surface area contributed by atoms with Gasteiger partial charge in [0, 0.05) is 25.9 Å². The standard InChI is InChI=1S/C11H15NO2S/c1-2-10(15-9-1)12-5-3-11(4-6-12)13-7-8-14-11/h1-2,9H,3-8H2. The fraction of sp³-hybridized carbons (Fsp3) is 0.636. The van der Waals surface area contributed by atoms with Crippen molar-refractivity contribution in [2.24, 2.45) is 0 Å². The van der Waals surface area contributed by atoms with Crippen LogP contribution in [0.4, 0.5) is 5.00 Å². The Hall–Kier alpha value is -0.580. The highest BCUT2D eigenvalue weighted by atomic mass is 32.1. The van der Waals surface area contributed by atoms with Gasteiger partial charge in [-0.3, -0.25) is 0 Å². The topological polar surface area (TPSA) is 21.7 Å².